The van der Waals surface area contributed by atoms with Crippen molar-refractivity contribution >= 4 is 11.6 Å². The van der Waals surface area contributed by atoms with E-state index in [9.17, 15) is 4.79 Å². The van der Waals surface area contributed by atoms with Crippen LogP contribution in [0.25, 0.3) is 0 Å². The third-order valence-corrected chi connectivity index (χ3v) is 4.35. The lowest BCUT2D eigenvalue weighted by molar-refractivity contribution is -0.128. The third kappa shape index (κ3) is 4.74. The normalized spacial score (nSPS) is 19.3. The van der Waals surface area contributed by atoms with Crippen LogP contribution in [0.15, 0.2) is 24.3 Å². The summed E-state index contributed by atoms with van der Waals surface area (Å²) in [5, 5.41) is 3.54. The molecular weight excluding hydrogens is 262 g/mol. The molecule has 0 bridgehead atoms. The van der Waals surface area contributed by atoms with Crippen LogP contribution in [0.2, 0.25) is 0 Å². The maximum atomic E-state index is 11.3. The molecule has 1 aromatic carbocycles. The number of amides is 1. The Hall–Kier alpha value is -1.55. The third-order valence-electron chi connectivity index (χ3n) is 4.35. The number of likely N-dealkylation sites (N-methyl/N-ethyl adjacent to an activating group) is 1. The molecule has 0 aliphatic carbocycles. The van der Waals surface area contributed by atoms with Gasteiger partial charge in [-0.3, -0.25) is 4.79 Å². The molecule has 1 unspecified atom stereocenters. The van der Waals surface area contributed by atoms with Gasteiger partial charge in [0, 0.05) is 38.8 Å². The Labute approximate surface area is 128 Å². The minimum absolute atomic E-state index is 0.0946. The Kier molecular flexibility index (Phi) is 5.62. The average Bonchev–Trinajstić information content (AvgIpc) is 2.46. The Morgan fingerprint density at radius 3 is 2.95 bits per heavy atom. The Bertz CT molecular complexity index is 475. The molecular formula is C17H27N3O. The molecule has 0 radical (unpaired) electrons. The highest BCUT2D eigenvalue weighted by Gasteiger charge is 2.18. The zero-order chi connectivity index (χ0) is 15.2. The molecule has 1 fully saturated rings. The van der Waals surface area contributed by atoms with Gasteiger partial charge in [0.1, 0.15) is 0 Å². The molecule has 1 atom stereocenters. The number of rotatable bonds is 5. The van der Waals surface area contributed by atoms with E-state index in [0.29, 0.717) is 12.6 Å². The highest BCUT2D eigenvalue weighted by atomic mass is 16.2. The van der Waals surface area contributed by atoms with Crippen LogP contribution >= 0.6 is 0 Å². The van der Waals surface area contributed by atoms with E-state index in [2.05, 4.69) is 41.5 Å². The van der Waals surface area contributed by atoms with Gasteiger partial charge in [0.2, 0.25) is 5.91 Å². The van der Waals surface area contributed by atoms with Crippen molar-refractivity contribution in [2.75, 3.05) is 32.5 Å². The van der Waals surface area contributed by atoms with Gasteiger partial charge < -0.3 is 15.1 Å². The summed E-state index contributed by atoms with van der Waals surface area (Å²) >= 11 is 0. The van der Waals surface area contributed by atoms with Gasteiger partial charge in [0.15, 0.2) is 0 Å². The first-order chi connectivity index (χ1) is 10.1. The van der Waals surface area contributed by atoms with Crippen molar-refractivity contribution in [1.82, 2.24) is 9.80 Å². The molecule has 1 saturated heterocycles. The monoisotopic (exact) mass is 289 g/mol. The smallest absolute Gasteiger partial charge is 0.219 e. The standard InChI is InChI=1S/C17H27N3O/c1-14(21)20(3)13-15-7-6-8-16(11-15)18-12-17-9-4-5-10-19(17)2/h6-8,11,17-18H,4-5,9-10,12-13H2,1-3H3. The van der Waals surface area contributed by atoms with Gasteiger partial charge in [-0.25, -0.2) is 0 Å². The second-order valence-electron chi connectivity index (χ2n) is 6.09. The van der Waals surface area contributed by atoms with Crippen LogP contribution in [-0.4, -0.2) is 48.9 Å². The van der Waals surface area contributed by atoms with Crippen LogP contribution in [-0.2, 0) is 11.3 Å². The quantitative estimate of drug-likeness (QED) is 0.905. The minimum Gasteiger partial charge on any atom is -0.383 e. The summed E-state index contributed by atoms with van der Waals surface area (Å²) in [4.78, 5) is 15.5. The molecule has 4 heteroatoms. The number of nitrogens with one attached hydrogen (secondary N) is 1. The van der Waals surface area contributed by atoms with E-state index in [-0.39, 0.29) is 5.91 Å². The predicted molar refractivity (Wildman–Crippen MR) is 87.3 cm³/mol. The molecule has 1 aliphatic rings. The number of anilines is 1. The van der Waals surface area contributed by atoms with Gasteiger partial charge in [-0.05, 0) is 44.1 Å². The van der Waals surface area contributed by atoms with Gasteiger partial charge in [0.05, 0.1) is 0 Å². The fourth-order valence-electron chi connectivity index (χ4n) is 2.80. The van der Waals surface area contributed by atoms with Crippen molar-refractivity contribution < 1.29 is 4.79 Å². The number of nitrogens with zero attached hydrogens (tertiary/aromatic N) is 2. The van der Waals surface area contributed by atoms with Crippen LogP contribution in [0.5, 0.6) is 0 Å². The molecule has 1 heterocycles. The molecule has 21 heavy (non-hydrogen) atoms. The van der Waals surface area contributed by atoms with E-state index in [0.717, 1.165) is 17.8 Å². The molecule has 116 valence electrons. The van der Waals surface area contributed by atoms with Crippen molar-refractivity contribution in [3.63, 3.8) is 0 Å². The first-order valence-corrected chi connectivity index (χ1v) is 7.81. The van der Waals surface area contributed by atoms with Crippen molar-refractivity contribution in [3.05, 3.63) is 29.8 Å². The maximum Gasteiger partial charge on any atom is 0.219 e. The van der Waals surface area contributed by atoms with E-state index in [4.69, 9.17) is 0 Å². The van der Waals surface area contributed by atoms with Crippen molar-refractivity contribution in [1.29, 1.82) is 0 Å². The number of likely N-dealkylation sites (tertiary alicyclic amines) is 1. The fraction of sp³-hybridized carbons (Fsp3) is 0.588. The summed E-state index contributed by atoms with van der Waals surface area (Å²) in [5.41, 5.74) is 2.30. The van der Waals surface area contributed by atoms with E-state index in [1.807, 2.05) is 7.05 Å². The topological polar surface area (TPSA) is 35.6 Å². The van der Waals surface area contributed by atoms with E-state index in [1.165, 1.54) is 25.8 Å². The first-order valence-electron chi connectivity index (χ1n) is 7.81. The highest BCUT2D eigenvalue weighted by molar-refractivity contribution is 5.72. The molecule has 4 nitrogen and oxygen atoms in total. The second-order valence-corrected chi connectivity index (χ2v) is 6.09. The number of piperidine rings is 1. The number of hydrogen-bond donors (Lipinski definition) is 1. The SMILES string of the molecule is CC(=O)N(C)Cc1cccc(NCC2CCCCN2C)c1. The van der Waals surface area contributed by atoms with Gasteiger partial charge in [0.25, 0.3) is 0 Å². The number of carbonyl (C=O) groups excluding carboxylic acids is 1. The average molecular weight is 289 g/mol. The molecule has 1 amide bonds. The van der Waals surface area contributed by atoms with Crippen LogP contribution < -0.4 is 5.32 Å². The van der Waals surface area contributed by atoms with Crippen LogP contribution in [0.3, 0.4) is 0 Å². The van der Waals surface area contributed by atoms with Crippen LogP contribution in [0.1, 0.15) is 31.7 Å². The fourth-order valence-corrected chi connectivity index (χ4v) is 2.80. The number of carbonyl (C=O) groups is 1. The molecule has 0 spiro atoms. The number of benzene rings is 1. The Morgan fingerprint density at radius 1 is 1.43 bits per heavy atom. The highest BCUT2D eigenvalue weighted by Crippen LogP contribution is 2.17. The van der Waals surface area contributed by atoms with Crippen LogP contribution in [0, 0.1) is 0 Å². The van der Waals surface area contributed by atoms with Gasteiger partial charge in [-0.2, -0.15) is 0 Å². The first kappa shape index (κ1) is 15.8. The second kappa shape index (κ2) is 7.46. The molecule has 1 N–H and O–H groups in total. The Morgan fingerprint density at radius 2 is 2.24 bits per heavy atom. The number of hydrogen-bond acceptors (Lipinski definition) is 3. The summed E-state index contributed by atoms with van der Waals surface area (Å²) in [5.74, 6) is 0.0946. The van der Waals surface area contributed by atoms with Gasteiger partial charge >= 0.3 is 0 Å². The van der Waals surface area contributed by atoms with E-state index < -0.39 is 0 Å². The van der Waals surface area contributed by atoms with Gasteiger partial charge in [-0.1, -0.05) is 18.6 Å². The van der Waals surface area contributed by atoms with Crippen molar-refractivity contribution in [2.24, 2.45) is 0 Å². The molecule has 1 aliphatic heterocycles. The zero-order valence-corrected chi connectivity index (χ0v) is 13.4. The summed E-state index contributed by atoms with van der Waals surface area (Å²) in [7, 11) is 4.04. The largest absolute Gasteiger partial charge is 0.383 e. The lowest BCUT2D eigenvalue weighted by Crippen LogP contribution is -2.40. The summed E-state index contributed by atoms with van der Waals surface area (Å²) in [6.45, 7) is 4.45. The van der Waals surface area contributed by atoms with E-state index in [1.54, 1.807) is 11.8 Å². The summed E-state index contributed by atoms with van der Waals surface area (Å²) in [6.07, 6.45) is 3.93. The van der Waals surface area contributed by atoms with Gasteiger partial charge in [-0.15, -0.1) is 0 Å². The molecule has 2 rings (SSSR count). The summed E-state index contributed by atoms with van der Waals surface area (Å²) in [6, 6.07) is 8.98. The molecule has 0 aromatic heterocycles. The lowest BCUT2D eigenvalue weighted by Gasteiger charge is -2.32. The minimum atomic E-state index is 0.0946. The van der Waals surface area contributed by atoms with Crippen molar-refractivity contribution in [2.45, 2.75) is 38.8 Å². The van der Waals surface area contributed by atoms with Crippen molar-refractivity contribution in [3.8, 4) is 0 Å². The predicted octanol–water partition coefficient (Wildman–Crippen LogP) is 2.56. The molecule has 0 saturated carbocycles. The van der Waals surface area contributed by atoms with Crippen LogP contribution in [0.4, 0.5) is 5.69 Å². The lowest BCUT2D eigenvalue weighted by atomic mass is 10.0. The zero-order valence-electron chi connectivity index (χ0n) is 13.4. The summed E-state index contributed by atoms with van der Waals surface area (Å²) < 4.78 is 0. The molecule has 1 aromatic rings. The maximum absolute atomic E-state index is 11.3. The van der Waals surface area contributed by atoms with E-state index >= 15 is 0 Å². The Balaban J connectivity index is 1.90.